The van der Waals surface area contributed by atoms with E-state index in [0.717, 1.165) is 9.80 Å². The number of hydrogen-bond donors (Lipinski definition) is 0. The number of halogens is 1. The second-order valence-electron chi connectivity index (χ2n) is 6.32. The number of thioether (sulfide) groups is 1. The zero-order valence-electron chi connectivity index (χ0n) is 15.3. The lowest BCUT2D eigenvalue weighted by Gasteiger charge is -2.16. The SMILES string of the molecule is O=C1C(Sc2ccccc2)=C(c2ccc([N+](=O)[O-])cc2)C(=O)N1c1ccccc1Cl. The van der Waals surface area contributed by atoms with Gasteiger partial charge in [0.25, 0.3) is 17.5 Å². The van der Waals surface area contributed by atoms with Crippen LogP contribution in [0.25, 0.3) is 5.57 Å². The fourth-order valence-corrected chi connectivity index (χ4v) is 4.30. The Kier molecular flexibility index (Phi) is 5.39. The fraction of sp³-hybridized carbons (Fsp3) is 0. The van der Waals surface area contributed by atoms with Gasteiger partial charge in [0.1, 0.15) is 0 Å². The van der Waals surface area contributed by atoms with Crippen molar-refractivity contribution in [1.29, 1.82) is 0 Å². The number of amides is 2. The van der Waals surface area contributed by atoms with Crippen molar-refractivity contribution in [2.45, 2.75) is 4.90 Å². The Morgan fingerprint density at radius 1 is 0.833 bits per heavy atom. The summed E-state index contributed by atoms with van der Waals surface area (Å²) < 4.78 is 0. The van der Waals surface area contributed by atoms with E-state index in [0.29, 0.717) is 5.56 Å². The van der Waals surface area contributed by atoms with E-state index in [1.165, 1.54) is 36.0 Å². The van der Waals surface area contributed by atoms with Gasteiger partial charge in [-0.1, -0.05) is 53.7 Å². The fourth-order valence-electron chi connectivity index (χ4n) is 3.07. The number of anilines is 1. The highest BCUT2D eigenvalue weighted by molar-refractivity contribution is 8.04. The molecule has 0 N–H and O–H groups in total. The van der Waals surface area contributed by atoms with Gasteiger partial charge in [-0.3, -0.25) is 19.7 Å². The third-order valence-electron chi connectivity index (χ3n) is 4.46. The minimum atomic E-state index is -0.527. The largest absolute Gasteiger partial charge is 0.272 e. The summed E-state index contributed by atoms with van der Waals surface area (Å²) in [7, 11) is 0. The standard InChI is InChI=1S/C22H13ClN2O4S/c23-17-8-4-5-9-18(17)24-21(26)19(14-10-12-15(13-11-14)25(28)29)20(22(24)27)30-16-6-2-1-3-7-16/h1-13H. The molecule has 0 saturated heterocycles. The number of carbonyl (C=O) groups is 2. The summed E-state index contributed by atoms with van der Waals surface area (Å²) in [6.07, 6.45) is 0. The van der Waals surface area contributed by atoms with Crippen molar-refractivity contribution in [3.8, 4) is 0 Å². The first-order valence-electron chi connectivity index (χ1n) is 8.82. The van der Waals surface area contributed by atoms with E-state index in [-0.39, 0.29) is 26.9 Å². The highest BCUT2D eigenvalue weighted by Gasteiger charge is 2.41. The number of non-ortho nitro benzene ring substituents is 1. The molecule has 0 aliphatic carbocycles. The number of nitro benzene ring substituents is 1. The van der Waals surface area contributed by atoms with Crippen molar-refractivity contribution >= 4 is 52.1 Å². The van der Waals surface area contributed by atoms with Gasteiger partial charge in [0.15, 0.2) is 0 Å². The molecule has 0 spiro atoms. The summed E-state index contributed by atoms with van der Waals surface area (Å²) in [5, 5.41) is 11.2. The Morgan fingerprint density at radius 3 is 2.10 bits per heavy atom. The first kappa shape index (κ1) is 19.9. The second kappa shape index (κ2) is 8.14. The van der Waals surface area contributed by atoms with Gasteiger partial charge >= 0.3 is 0 Å². The molecule has 0 saturated carbocycles. The molecule has 6 nitrogen and oxygen atoms in total. The van der Waals surface area contributed by atoms with Crippen LogP contribution in [0.5, 0.6) is 0 Å². The predicted octanol–water partition coefficient (Wildman–Crippen LogP) is 5.33. The number of nitrogens with zero attached hydrogens (tertiary/aromatic N) is 2. The van der Waals surface area contributed by atoms with Gasteiger partial charge in [-0.2, -0.15) is 0 Å². The number of benzene rings is 3. The topological polar surface area (TPSA) is 80.5 Å². The van der Waals surface area contributed by atoms with Gasteiger partial charge in [-0.25, -0.2) is 4.90 Å². The molecule has 148 valence electrons. The lowest BCUT2D eigenvalue weighted by molar-refractivity contribution is -0.384. The minimum Gasteiger partial charge on any atom is -0.268 e. The second-order valence-corrected chi connectivity index (χ2v) is 7.81. The molecule has 1 aliphatic heterocycles. The van der Waals surface area contributed by atoms with Gasteiger partial charge in [0, 0.05) is 17.0 Å². The first-order valence-corrected chi connectivity index (χ1v) is 10.0. The zero-order chi connectivity index (χ0) is 21.3. The van der Waals surface area contributed by atoms with E-state index >= 15 is 0 Å². The van der Waals surface area contributed by atoms with Crippen molar-refractivity contribution in [2.75, 3.05) is 4.90 Å². The molecule has 0 unspecified atom stereocenters. The van der Waals surface area contributed by atoms with Crippen LogP contribution in [-0.4, -0.2) is 16.7 Å². The third-order valence-corrected chi connectivity index (χ3v) is 5.87. The summed E-state index contributed by atoms with van der Waals surface area (Å²) in [4.78, 5) is 39.1. The molecular formula is C22H13ClN2O4S. The van der Waals surface area contributed by atoms with Crippen molar-refractivity contribution < 1.29 is 14.5 Å². The van der Waals surface area contributed by atoms with Crippen LogP contribution in [-0.2, 0) is 9.59 Å². The lowest BCUT2D eigenvalue weighted by atomic mass is 10.1. The molecule has 1 heterocycles. The lowest BCUT2D eigenvalue weighted by Crippen LogP contribution is -2.31. The highest BCUT2D eigenvalue weighted by Crippen LogP contribution is 2.42. The van der Waals surface area contributed by atoms with Crippen molar-refractivity contribution in [3.63, 3.8) is 0 Å². The molecule has 0 aromatic heterocycles. The van der Waals surface area contributed by atoms with Crippen LogP contribution in [0.2, 0.25) is 5.02 Å². The van der Waals surface area contributed by atoms with Crippen LogP contribution in [0.4, 0.5) is 11.4 Å². The molecule has 30 heavy (non-hydrogen) atoms. The quantitative estimate of drug-likeness (QED) is 0.307. The minimum absolute atomic E-state index is 0.101. The Balaban J connectivity index is 1.83. The van der Waals surface area contributed by atoms with Gasteiger partial charge in [-0.15, -0.1) is 0 Å². The van der Waals surface area contributed by atoms with Gasteiger partial charge in [0.05, 0.1) is 26.1 Å². The number of imide groups is 1. The molecule has 0 atom stereocenters. The van der Waals surface area contributed by atoms with Crippen molar-refractivity contribution in [2.24, 2.45) is 0 Å². The molecule has 3 aromatic carbocycles. The Labute approximate surface area is 180 Å². The smallest absolute Gasteiger partial charge is 0.268 e. The van der Waals surface area contributed by atoms with E-state index < -0.39 is 16.7 Å². The number of rotatable bonds is 5. The number of hydrogen-bond acceptors (Lipinski definition) is 5. The maximum atomic E-state index is 13.3. The van der Waals surface area contributed by atoms with Gasteiger partial charge < -0.3 is 0 Å². The summed E-state index contributed by atoms with van der Waals surface area (Å²) in [6.45, 7) is 0. The Hall–Kier alpha value is -3.42. The van der Waals surface area contributed by atoms with Crippen molar-refractivity contribution in [1.82, 2.24) is 0 Å². The molecule has 0 fully saturated rings. The van der Waals surface area contributed by atoms with E-state index in [1.807, 2.05) is 30.3 Å². The van der Waals surface area contributed by atoms with E-state index in [4.69, 9.17) is 11.6 Å². The predicted molar refractivity (Wildman–Crippen MR) is 116 cm³/mol. The maximum absolute atomic E-state index is 13.3. The molecule has 0 bridgehead atoms. The summed E-state index contributed by atoms with van der Waals surface area (Å²) >= 11 is 7.42. The summed E-state index contributed by atoms with van der Waals surface area (Å²) in [5.74, 6) is -1.02. The highest BCUT2D eigenvalue weighted by atomic mass is 35.5. The first-order chi connectivity index (χ1) is 14.5. The van der Waals surface area contributed by atoms with Crippen LogP contribution in [0.1, 0.15) is 5.56 Å². The number of nitro groups is 1. The van der Waals surface area contributed by atoms with Crippen LogP contribution >= 0.6 is 23.4 Å². The molecule has 4 rings (SSSR count). The maximum Gasteiger partial charge on any atom is 0.272 e. The van der Waals surface area contributed by atoms with Gasteiger partial charge in [0.2, 0.25) is 0 Å². The molecule has 2 amide bonds. The van der Waals surface area contributed by atoms with Crippen LogP contribution in [0.15, 0.2) is 88.7 Å². The zero-order valence-corrected chi connectivity index (χ0v) is 16.9. The van der Waals surface area contributed by atoms with Gasteiger partial charge in [-0.05, 0) is 42.0 Å². The summed E-state index contributed by atoms with van der Waals surface area (Å²) in [5.41, 5.74) is 0.796. The summed E-state index contributed by atoms with van der Waals surface area (Å²) in [6, 6.07) is 21.4. The average molecular weight is 437 g/mol. The molecule has 1 aliphatic rings. The normalized spacial score (nSPS) is 13.8. The molecule has 8 heteroatoms. The monoisotopic (exact) mass is 436 g/mol. The van der Waals surface area contributed by atoms with Crippen LogP contribution in [0, 0.1) is 10.1 Å². The number of carbonyl (C=O) groups excluding carboxylic acids is 2. The third kappa shape index (κ3) is 3.60. The van der Waals surface area contributed by atoms with Crippen LogP contribution < -0.4 is 4.90 Å². The molecule has 3 aromatic rings. The van der Waals surface area contributed by atoms with Crippen molar-refractivity contribution in [3.05, 3.63) is 104 Å². The average Bonchev–Trinajstić information content (AvgIpc) is 2.99. The van der Waals surface area contributed by atoms with E-state index in [2.05, 4.69) is 0 Å². The Morgan fingerprint density at radius 2 is 1.47 bits per heavy atom. The van der Waals surface area contributed by atoms with E-state index in [9.17, 15) is 19.7 Å². The van der Waals surface area contributed by atoms with E-state index in [1.54, 1.807) is 24.3 Å². The number of para-hydroxylation sites is 1. The molecular weight excluding hydrogens is 424 g/mol. The van der Waals surface area contributed by atoms with Crippen LogP contribution in [0.3, 0.4) is 0 Å². The Bertz CT molecular complexity index is 1190. The molecule has 0 radical (unpaired) electrons.